The van der Waals surface area contributed by atoms with Gasteiger partial charge in [0.25, 0.3) is 0 Å². The maximum atomic E-state index is 13.1. The quantitative estimate of drug-likeness (QED) is 0.337. The molecule has 2 amide bonds. The number of halogens is 4. The first-order chi connectivity index (χ1) is 14.7. The number of nitrogens with one attached hydrogen (secondary N) is 6. The number of rotatable bonds is 6. The second-order valence-corrected chi connectivity index (χ2v) is 9.70. The summed E-state index contributed by atoms with van der Waals surface area (Å²) in [5.41, 5.74) is 0. The van der Waals surface area contributed by atoms with Gasteiger partial charge < -0.3 is 21.3 Å². The monoisotopic (exact) mass is 468 g/mol. The van der Waals surface area contributed by atoms with Crippen molar-refractivity contribution in [1.29, 1.82) is 0 Å². The van der Waals surface area contributed by atoms with Crippen LogP contribution in [0.1, 0.15) is 58.3 Å². The van der Waals surface area contributed by atoms with Crippen LogP contribution >= 0.6 is 11.6 Å². The van der Waals surface area contributed by atoms with Gasteiger partial charge in [-0.25, -0.2) is 4.79 Å². The molecule has 1 aliphatic carbocycles. The van der Waals surface area contributed by atoms with Crippen LogP contribution in [0.4, 0.5) is 18.0 Å². The Morgan fingerprint density at radius 3 is 2.61 bits per heavy atom. The Labute approximate surface area is 187 Å². The summed E-state index contributed by atoms with van der Waals surface area (Å²) in [5, 5.41) is 18.2. The van der Waals surface area contributed by atoms with E-state index in [1.807, 2.05) is 6.92 Å². The summed E-state index contributed by atoms with van der Waals surface area (Å²) >= 11 is 5.87. The second-order valence-electron chi connectivity index (χ2n) is 9.14. The van der Waals surface area contributed by atoms with Crippen molar-refractivity contribution in [1.82, 2.24) is 31.9 Å². The minimum atomic E-state index is -4.35. The maximum absolute atomic E-state index is 13.1. The first-order valence-corrected chi connectivity index (χ1v) is 11.9. The Kier molecular flexibility index (Phi) is 9.10. The predicted molar refractivity (Wildman–Crippen MR) is 115 cm³/mol. The lowest BCUT2D eigenvalue weighted by atomic mass is 9.85. The zero-order chi connectivity index (χ0) is 22.4. The Hall–Kier alpha value is -0.810. The van der Waals surface area contributed by atoms with Crippen molar-refractivity contribution in [3.63, 3.8) is 0 Å². The van der Waals surface area contributed by atoms with E-state index in [2.05, 4.69) is 31.9 Å². The summed E-state index contributed by atoms with van der Waals surface area (Å²) in [6.07, 6.45) is 1.38. The first kappa shape index (κ1) is 24.8. The molecular formula is C20H36ClF3N6O. The third kappa shape index (κ3) is 7.92. The minimum absolute atomic E-state index is 0.0476. The minimum Gasteiger partial charge on any atom is -0.335 e. The molecule has 0 aromatic carbocycles. The molecule has 7 atom stereocenters. The zero-order valence-corrected chi connectivity index (χ0v) is 18.8. The number of hydrogen-bond donors (Lipinski definition) is 6. The van der Waals surface area contributed by atoms with E-state index in [-0.39, 0.29) is 25.0 Å². The molecule has 2 heterocycles. The number of hydrogen-bond acceptors (Lipinski definition) is 5. The molecule has 6 N–H and O–H groups in total. The van der Waals surface area contributed by atoms with E-state index in [0.717, 1.165) is 25.9 Å². The van der Waals surface area contributed by atoms with E-state index in [0.29, 0.717) is 12.5 Å². The van der Waals surface area contributed by atoms with E-state index in [9.17, 15) is 18.0 Å². The Balaban J connectivity index is 1.40. The summed E-state index contributed by atoms with van der Waals surface area (Å²) in [6.45, 7) is 4.01. The van der Waals surface area contributed by atoms with Crippen LogP contribution in [-0.2, 0) is 0 Å². The van der Waals surface area contributed by atoms with Gasteiger partial charge in [0.15, 0.2) is 0 Å². The molecule has 31 heavy (non-hydrogen) atoms. The van der Waals surface area contributed by atoms with Crippen LogP contribution in [0.2, 0.25) is 0 Å². The van der Waals surface area contributed by atoms with Crippen LogP contribution in [-0.4, -0.2) is 61.3 Å². The standard InChI is InChI=1S/C20H36ClF3N6O/c1-12-10-17(26-9-7-13-4-2-3-8-25-13)29-18(27-12)30-19(31)28-14-5-6-16(21)15(11-14)20(22,23)24/h12-18,25-27,29H,2-11H2,1H3,(H2,28,30,31). The van der Waals surface area contributed by atoms with Crippen LogP contribution < -0.4 is 31.9 Å². The number of alkyl halides is 4. The highest BCUT2D eigenvalue weighted by Gasteiger charge is 2.47. The van der Waals surface area contributed by atoms with Crippen LogP contribution in [0.25, 0.3) is 0 Å². The average Bonchev–Trinajstić information content (AvgIpc) is 2.69. The van der Waals surface area contributed by atoms with Crippen molar-refractivity contribution in [2.45, 2.75) is 100 Å². The van der Waals surface area contributed by atoms with Crippen molar-refractivity contribution >= 4 is 17.6 Å². The van der Waals surface area contributed by atoms with Gasteiger partial charge >= 0.3 is 12.2 Å². The highest BCUT2D eigenvalue weighted by Crippen LogP contribution is 2.40. The molecule has 3 aliphatic rings. The molecule has 3 fully saturated rings. The average molecular weight is 469 g/mol. The fourth-order valence-electron chi connectivity index (χ4n) is 4.81. The van der Waals surface area contributed by atoms with Crippen LogP contribution in [0.3, 0.4) is 0 Å². The van der Waals surface area contributed by atoms with Crippen molar-refractivity contribution in [2.75, 3.05) is 13.1 Å². The lowest BCUT2D eigenvalue weighted by molar-refractivity contribution is -0.182. The number of carbonyl (C=O) groups is 1. The molecule has 2 saturated heterocycles. The summed E-state index contributed by atoms with van der Waals surface area (Å²) in [7, 11) is 0. The van der Waals surface area contributed by atoms with E-state index in [4.69, 9.17) is 11.6 Å². The molecule has 0 aromatic heterocycles. The number of carbonyl (C=O) groups excluding carboxylic acids is 1. The van der Waals surface area contributed by atoms with Crippen molar-refractivity contribution in [3.05, 3.63) is 0 Å². The van der Waals surface area contributed by atoms with E-state index in [1.54, 1.807) is 0 Å². The lowest BCUT2D eigenvalue weighted by Gasteiger charge is -2.38. The topological polar surface area (TPSA) is 89.2 Å². The molecule has 11 heteroatoms. The molecule has 2 aliphatic heterocycles. The van der Waals surface area contributed by atoms with Gasteiger partial charge in [0.2, 0.25) is 0 Å². The molecule has 3 rings (SSSR count). The Bertz CT molecular complexity index is 578. The molecule has 0 radical (unpaired) electrons. The molecule has 0 aromatic rings. The van der Waals surface area contributed by atoms with E-state index < -0.39 is 35.8 Å². The van der Waals surface area contributed by atoms with Gasteiger partial charge in [0, 0.05) is 23.5 Å². The van der Waals surface area contributed by atoms with Gasteiger partial charge in [0.05, 0.1) is 12.1 Å². The summed E-state index contributed by atoms with van der Waals surface area (Å²) in [4.78, 5) is 12.4. The third-order valence-electron chi connectivity index (χ3n) is 6.50. The second kappa shape index (κ2) is 11.4. The molecule has 180 valence electrons. The van der Waals surface area contributed by atoms with Crippen molar-refractivity contribution in [3.8, 4) is 0 Å². The SMILES string of the molecule is CC1CC(NCCC2CCCCN2)NC(NC(=O)NC2CCC(Cl)C(C(F)(F)F)C2)N1. The number of urea groups is 1. The third-order valence-corrected chi connectivity index (χ3v) is 7.02. The molecule has 0 spiro atoms. The number of piperidine rings is 1. The predicted octanol–water partition coefficient (Wildman–Crippen LogP) is 2.33. The van der Waals surface area contributed by atoms with Gasteiger partial charge in [-0.2, -0.15) is 13.2 Å². The summed E-state index contributed by atoms with van der Waals surface area (Å²) in [5.74, 6) is -1.59. The fourth-order valence-corrected chi connectivity index (χ4v) is 5.18. The van der Waals surface area contributed by atoms with Gasteiger partial charge in [-0.05, 0) is 65.0 Å². The van der Waals surface area contributed by atoms with Crippen molar-refractivity contribution in [2.24, 2.45) is 5.92 Å². The van der Waals surface area contributed by atoms with E-state index >= 15 is 0 Å². The normalized spacial score (nSPS) is 37.3. The van der Waals surface area contributed by atoms with Crippen LogP contribution in [0.15, 0.2) is 0 Å². The largest absolute Gasteiger partial charge is 0.393 e. The smallest absolute Gasteiger partial charge is 0.335 e. The van der Waals surface area contributed by atoms with Crippen LogP contribution in [0, 0.1) is 5.92 Å². The van der Waals surface area contributed by atoms with Crippen LogP contribution in [0.5, 0.6) is 0 Å². The summed E-state index contributed by atoms with van der Waals surface area (Å²) in [6, 6.07) is -0.287. The molecule has 7 unspecified atom stereocenters. The van der Waals surface area contributed by atoms with Gasteiger partial charge in [-0.1, -0.05) is 6.42 Å². The highest BCUT2D eigenvalue weighted by molar-refractivity contribution is 6.20. The van der Waals surface area contributed by atoms with Crippen molar-refractivity contribution < 1.29 is 18.0 Å². The van der Waals surface area contributed by atoms with Gasteiger partial charge in [0.1, 0.15) is 6.29 Å². The maximum Gasteiger partial charge on any atom is 0.393 e. The Morgan fingerprint density at radius 2 is 1.90 bits per heavy atom. The van der Waals surface area contributed by atoms with Gasteiger partial charge in [-0.3, -0.25) is 10.6 Å². The van der Waals surface area contributed by atoms with E-state index in [1.165, 1.54) is 19.3 Å². The molecular weight excluding hydrogens is 433 g/mol. The Morgan fingerprint density at radius 1 is 1.10 bits per heavy atom. The molecule has 7 nitrogen and oxygen atoms in total. The lowest BCUT2D eigenvalue weighted by Crippen LogP contribution is -2.68. The molecule has 0 bridgehead atoms. The van der Waals surface area contributed by atoms with Gasteiger partial charge in [-0.15, -0.1) is 11.6 Å². The highest BCUT2D eigenvalue weighted by atomic mass is 35.5. The fraction of sp³-hybridized carbons (Fsp3) is 0.950. The number of amides is 2. The molecule has 1 saturated carbocycles. The zero-order valence-electron chi connectivity index (χ0n) is 18.0. The summed E-state index contributed by atoms with van der Waals surface area (Å²) < 4.78 is 39.4. The first-order valence-electron chi connectivity index (χ1n) is 11.5.